The van der Waals surface area contributed by atoms with Gasteiger partial charge in [0.25, 0.3) is 5.91 Å². The molecule has 0 radical (unpaired) electrons. The summed E-state index contributed by atoms with van der Waals surface area (Å²) in [5.74, 6) is 0.326. The molecule has 2 saturated carbocycles. The number of carbonyl (C=O) groups excluding carboxylic acids is 1. The number of amides is 1. The van der Waals surface area contributed by atoms with E-state index >= 15 is 0 Å². The van der Waals surface area contributed by atoms with E-state index in [-0.39, 0.29) is 42.3 Å². The van der Waals surface area contributed by atoms with E-state index in [0.717, 1.165) is 36.7 Å². The highest BCUT2D eigenvalue weighted by Crippen LogP contribution is 2.50. The normalized spacial score (nSPS) is 23.3. The van der Waals surface area contributed by atoms with Crippen LogP contribution in [0.1, 0.15) is 70.5 Å². The van der Waals surface area contributed by atoms with Crippen LogP contribution in [0.2, 0.25) is 0 Å². The van der Waals surface area contributed by atoms with Gasteiger partial charge in [-0.15, -0.1) is 10.2 Å². The van der Waals surface area contributed by atoms with Crippen molar-refractivity contribution in [2.75, 3.05) is 25.2 Å². The van der Waals surface area contributed by atoms with Crippen molar-refractivity contribution in [2.24, 2.45) is 12.5 Å². The molecular formula is C30H34F3N5O3. The number of anilines is 1. The molecule has 2 heterocycles. The number of aliphatic hydroxyl groups is 1. The molecule has 0 unspecified atom stereocenters. The Hall–Kier alpha value is -3.28. The Morgan fingerprint density at radius 1 is 1.20 bits per heavy atom. The van der Waals surface area contributed by atoms with Crippen LogP contribution >= 0.6 is 0 Å². The molecule has 2 fully saturated rings. The summed E-state index contributed by atoms with van der Waals surface area (Å²) in [6.45, 7) is 0.591. The molecule has 8 nitrogen and oxygen atoms in total. The van der Waals surface area contributed by atoms with E-state index in [9.17, 15) is 23.1 Å². The monoisotopic (exact) mass is 569 g/mol. The number of halogens is 3. The number of fused-ring (bicyclic) bond motifs is 1. The topological polar surface area (TPSA) is 92.5 Å². The van der Waals surface area contributed by atoms with Crippen LogP contribution in [0.25, 0.3) is 0 Å². The van der Waals surface area contributed by atoms with E-state index in [4.69, 9.17) is 4.74 Å². The fourth-order valence-corrected chi connectivity index (χ4v) is 6.69. The van der Waals surface area contributed by atoms with E-state index in [1.807, 2.05) is 29.8 Å². The van der Waals surface area contributed by atoms with E-state index < -0.39 is 23.1 Å². The molecule has 2 aliphatic carbocycles. The lowest BCUT2D eigenvalue weighted by atomic mass is 9.62. The molecule has 3 aliphatic rings. The Labute approximate surface area is 236 Å². The summed E-state index contributed by atoms with van der Waals surface area (Å²) in [5, 5.41) is 21.3. The minimum absolute atomic E-state index is 0.00594. The van der Waals surface area contributed by atoms with Crippen LogP contribution in [0.4, 0.5) is 18.9 Å². The van der Waals surface area contributed by atoms with Crippen LogP contribution in [0.5, 0.6) is 0 Å². The summed E-state index contributed by atoms with van der Waals surface area (Å²) in [4.78, 5) is 15.1. The Morgan fingerprint density at radius 2 is 1.98 bits per heavy atom. The van der Waals surface area contributed by atoms with Crippen molar-refractivity contribution in [3.05, 3.63) is 76.4 Å². The van der Waals surface area contributed by atoms with Gasteiger partial charge in [0.15, 0.2) is 0 Å². The molecule has 0 atom stereocenters. The van der Waals surface area contributed by atoms with Gasteiger partial charge in [-0.2, -0.15) is 13.2 Å². The zero-order chi connectivity index (χ0) is 29.0. The van der Waals surface area contributed by atoms with Gasteiger partial charge in [0.1, 0.15) is 12.2 Å². The molecule has 6 rings (SSSR count). The minimum Gasteiger partial charge on any atom is -0.396 e. The Morgan fingerprint density at radius 3 is 2.59 bits per heavy atom. The Kier molecular flexibility index (Phi) is 6.94. The number of alkyl halides is 3. The summed E-state index contributed by atoms with van der Waals surface area (Å²) < 4.78 is 50.1. The first kappa shape index (κ1) is 27.9. The highest BCUT2D eigenvalue weighted by molar-refractivity contribution is 6.10. The molecule has 0 spiro atoms. The van der Waals surface area contributed by atoms with Crippen LogP contribution in [0.3, 0.4) is 0 Å². The van der Waals surface area contributed by atoms with Gasteiger partial charge >= 0.3 is 6.18 Å². The van der Waals surface area contributed by atoms with Crippen LogP contribution in [-0.4, -0.2) is 52.1 Å². The van der Waals surface area contributed by atoms with E-state index in [2.05, 4.69) is 15.5 Å². The predicted octanol–water partition coefficient (Wildman–Crippen LogP) is 4.34. The van der Waals surface area contributed by atoms with Gasteiger partial charge in [-0.25, -0.2) is 0 Å². The number of methoxy groups -OCH3 is 1. The van der Waals surface area contributed by atoms with Crippen molar-refractivity contribution >= 4 is 11.6 Å². The summed E-state index contributed by atoms with van der Waals surface area (Å²) in [7, 11) is 3.55. The summed E-state index contributed by atoms with van der Waals surface area (Å²) in [6, 6.07) is 10.2. The van der Waals surface area contributed by atoms with Crippen molar-refractivity contribution < 1.29 is 27.8 Å². The molecule has 11 heteroatoms. The standard InChI is InChI=1S/C30H34F3N5O3/c1-37-18-35-36-27(37)29(12-22(13-29)41-2)20-5-3-6-21(11-20)38-15-24-23(26(38)40)9-19(10-25(24)30(31,32)33)14-34-16-28(17-39)7-4-8-28/h3,5-6,9-11,18,22,34,39H,4,7-8,12-17H2,1-2H3. The number of aliphatic hydroxyl groups excluding tert-OH is 1. The maximum Gasteiger partial charge on any atom is 0.416 e. The molecule has 1 aliphatic heterocycles. The van der Waals surface area contributed by atoms with Crippen molar-refractivity contribution in [1.29, 1.82) is 0 Å². The second-order valence-corrected chi connectivity index (χ2v) is 11.8. The van der Waals surface area contributed by atoms with E-state index in [1.54, 1.807) is 25.6 Å². The molecule has 2 aromatic carbocycles. The van der Waals surface area contributed by atoms with E-state index in [1.165, 1.54) is 4.90 Å². The quantitative estimate of drug-likeness (QED) is 0.399. The summed E-state index contributed by atoms with van der Waals surface area (Å²) >= 11 is 0. The molecule has 1 aromatic heterocycles. The van der Waals surface area contributed by atoms with Crippen molar-refractivity contribution in [1.82, 2.24) is 20.1 Å². The summed E-state index contributed by atoms with van der Waals surface area (Å²) in [6.07, 6.45) is 1.27. The van der Waals surface area contributed by atoms with Gasteiger partial charge in [-0.1, -0.05) is 18.6 Å². The second-order valence-electron chi connectivity index (χ2n) is 11.8. The maximum atomic E-state index is 14.2. The molecule has 0 bridgehead atoms. The predicted molar refractivity (Wildman–Crippen MR) is 145 cm³/mol. The van der Waals surface area contributed by atoms with Crippen LogP contribution in [0.15, 0.2) is 42.7 Å². The maximum absolute atomic E-state index is 14.2. The number of aryl methyl sites for hydroxylation is 1. The van der Waals surface area contributed by atoms with Gasteiger partial charge in [0, 0.05) is 50.5 Å². The first-order valence-corrected chi connectivity index (χ1v) is 13.9. The number of carbonyl (C=O) groups is 1. The largest absolute Gasteiger partial charge is 0.416 e. The zero-order valence-corrected chi connectivity index (χ0v) is 23.2. The first-order valence-electron chi connectivity index (χ1n) is 13.9. The Bertz CT molecular complexity index is 1450. The molecule has 1 amide bonds. The molecular weight excluding hydrogens is 535 g/mol. The molecule has 3 aromatic rings. The molecule has 2 N–H and O–H groups in total. The lowest BCUT2D eigenvalue weighted by Crippen LogP contribution is -2.48. The van der Waals surface area contributed by atoms with Gasteiger partial charge in [0.2, 0.25) is 0 Å². The number of nitrogens with zero attached hydrogens (tertiary/aromatic N) is 4. The minimum atomic E-state index is -4.60. The highest BCUT2D eigenvalue weighted by Gasteiger charge is 2.50. The highest BCUT2D eigenvalue weighted by atomic mass is 19.4. The van der Waals surface area contributed by atoms with Crippen LogP contribution in [-0.2, 0) is 36.5 Å². The lowest BCUT2D eigenvalue weighted by molar-refractivity contribution is -0.138. The SMILES string of the molecule is COC1CC(c2cccc(N3Cc4c(cc(CNCC5(CO)CCC5)cc4C(F)(F)F)C3=O)c2)(c2nncn2C)C1. The number of hydrogen-bond acceptors (Lipinski definition) is 6. The number of rotatable bonds is 9. The van der Waals surface area contributed by atoms with Crippen LogP contribution < -0.4 is 10.2 Å². The third-order valence-corrected chi connectivity index (χ3v) is 9.32. The van der Waals surface area contributed by atoms with Gasteiger partial charge in [0.05, 0.1) is 23.6 Å². The van der Waals surface area contributed by atoms with Gasteiger partial charge in [-0.05, 0) is 66.6 Å². The van der Waals surface area contributed by atoms with Crippen molar-refractivity contribution in [3.63, 3.8) is 0 Å². The average molecular weight is 570 g/mol. The molecule has 41 heavy (non-hydrogen) atoms. The summed E-state index contributed by atoms with van der Waals surface area (Å²) in [5.41, 5.74) is 0.465. The van der Waals surface area contributed by atoms with Crippen molar-refractivity contribution in [2.45, 2.75) is 62.9 Å². The fourth-order valence-electron chi connectivity index (χ4n) is 6.69. The molecule has 0 saturated heterocycles. The zero-order valence-electron chi connectivity index (χ0n) is 23.2. The smallest absolute Gasteiger partial charge is 0.396 e. The lowest BCUT2D eigenvalue weighted by Gasteiger charge is -2.46. The third-order valence-electron chi connectivity index (χ3n) is 9.32. The number of hydrogen-bond donors (Lipinski definition) is 2. The number of ether oxygens (including phenoxy) is 1. The molecule has 218 valence electrons. The van der Waals surface area contributed by atoms with Crippen molar-refractivity contribution in [3.8, 4) is 0 Å². The number of benzene rings is 2. The van der Waals surface area contributed by atoms with Gasteiger partial charge in [-0.3, -0.25) is 4.79 Å². The number of nitrogens with one attached hydrogen (secondary N) is 1. The first-order chi connectivity index (χ1) is 19.6. The second kappa shape index (κ2) is 10.2. The average Bonchev–Trinajstić information content (AvgIpc) is 3.48. The van der Waals surface area contributed by atoms with Gasteiger partial charge < -0.3 is 24.6 Å². The Balaban J connectivity index is 1.30. The van der Waals surface area contributed by atoms with Crippen LogP contribution in [0, 0.1) is 5.41 Å². The third kappa shape index (κ3) is 4.73. The fraction of sp³-hybridized carbons (Fsp3) is 0.500. The van der Waals surface area contributed by atoms with E-state index in [0.29, 0.717) is 30.6 Å². The number of aromatic nitrogens is 3.